The van der Waals surface area contributed by atoms with E-state index in [1.807, 2.05) is 12.1 Å². The van der Waals surface area contributed by atoms with Crippen LogP contribution >= 0.6 is 22.9 Å². The third kappa shape index (κ3) is 3.23. The van der Waals surface area contributed by atoms with E-state index in [1.165, 1.54) is 10.1 Å². The largest absolute Gasteiger partial charge is 0.478 e. The Bertz CT molecular complexity index is 1110. The van der Waals surface area contributed by atoms with Crippen LogP contribution in [0.5, 0.6) is 0 Å². The highest BCUT2D eigenvalue weighted by Crippen LogP contribution is 2.41. The first kappa shape index (κ1) is 18.0. The predicted octanol–water partition coefficient (Wildman–Crippen LogP) is 5.68. The van der Waals surface area contributed by atoms with Gasteiger partial charge in [-0.05, 0) is 61.0 Å². The molecule has 0 saturated heterocycles. The lowest BCUT2D eigenvalue weighted by Crippen LogP contribution is -2.01. The van der Waals surface area contributed by atoms with Crippen molar-refractivity contribution in [3.63, 3.8) is 0 Å². The molecule has 0 atom stereocenters. The molecule has 138 valence electrons. The topological polar surface area (TPSA) is 79.1 Å². The number of hydrogen-bond donors (Lipinski definition) is 3. The van der Waals surface area contributed by atoms with Crippen molar-refractivity contribution in [1.82, 2.24) is 4.98 Å². The Labute approximate surface area is 165 Å². The van der Waals surface area contributed by atoms with Gasteiger partial charge in [0.25, 0.3) is 0 Å². The Morgan fingerprint density at radius 3 is 2.74 bits per heavy atom. The van der Waals surface area contributed by atoms with Crippen molar-refractivity contribution >= 4 is 49.9 Å². The van der Waals surface area contributed by atoms with Crippen molar-refractivity contribution in [2.24, 2.45) is 5.73 Å². The minimum absolute atomic E-state index is 0.278. The number of thiophene rings is 1. The molecule has 0 radical (unpaired) electrons. The van der Waals surface area contributed by atoms with E-state index in [4.69, 9.17) is 17.3 Å². The van der Waals surface area contributed by atoms with Crippen LogP contribution in [0, 0.1) is 0 Å². The van der Waals surface area contributed by atoms with Crippen LogP contribution in [0.25, 0.3) is 31.6 Å². The first-order valence-electron chi connectivity index (χ1n) is 8.85. The first-order chi connectivity index (χ1) is 13.1. The molecule has 6 heteroatoms. The van der Waals surface area contributed by atoms with Crippen LogP contribution in [0.1, 0.15) is 28.8 Å². The summed E-state index contributed by atoms with van der Waals surface area (Å²) in [4.78, 5) is 16.3. The Balaban J connectivity index is 1.98. The number of hydrogen-bond acceptors (Lipinski definition) is 3. The number of carboxylic acids is 1. The highest BCUT2D eigenvalue weighted by atomic mass is 35.5. The number of rotatable bonds is 6. The molecule has 0 aliphatic rings. The van der Waals surface area contributed by atoms with Crippen LogP contribution in [0.15, 0.2) is 42.5 Å². The van der Waals surface area contributed by atoms with Gasteiger partial charge in [-0.1, -0.05) is 29.8 Å². The molecule has 27 heavy (non-hydrogen) atoms. The Kier molecular flexibility index (Phi) is 4.91. The van der Waals surface area contributed by atoms with Crippen LogP contribution in [0.3, 0.4) is 0 Å². The molecule has 0 saturated carbocycles. The van der Waals surface area contributed by atoms with E-state index >= 15 is 0 Å². The molecule has 0 unspecified atom stereocenters. The number of aromatic carboxylic acids is 1. The Morgan fingerprint density at radius 1 is 1.19 bits per heavy atom. The molecule has 4 nitrogen and oxygen atoms in total. The summed E-state index contributed by atoms with van der Waals surface area (Å²) in [6.45, 7) is 0.618. The average molecular weight is 399 g/mol. The fraction of sp³-hybridized carbons (Fsp3) is 0.190. The summed E-state index contributed by atoms with van der Waals surface area (Å²) in [6, 6.07) is 13.6. The number of carbonyl (C=O) groups is 1. The van der Waals surface area contributed by atoms with Gasteiger partial charge in [0.15, 0.2) is 0 Å². The number of unbranched alkanes of at least 4 members (excludes halogenated alkanes) is 1. The number of benzene rings is 2. The summed E-state index contributed by atoms with van der Waals surface area (Å²) in [5.74, 6) is -0.946. The summed E-state index contributed by atoms with van der Waals surface area (Å²) in [5.41, 5.74) is 8.59. The zero-order valence-corrected chi connectivity index (χ0v) is 16.2. The van der Waals surface area contributed by atoms with Gasteiger partial charge in [-0.15, -0.1) is 11.3 Å². The van der Waals surface area contributed by atoms with Gasteiger partial charge in [-0.2, -0.15) is 0 Å². The van der Waals surface area contributed by atoms with Crippen LogP contribution in [0.2, 0.25) is 5.02 Å². The second-order valence-electron chi connectivity index (χ2n) is 6.52. The highest BCUT2D eigenvalue weighted by molar-refractivity contribution is 7.22. The van der Waals surface area contributed by atoms with Crippen molar-refractivity contribution in [2.45, 2.75) is 19.3 Å². The van der Waals surface area contributed by atoms with E-state index in [0.29, 0.717) is 22.5 Å². The molecule has 4 rings (SSSR count). The van der Waals surface area contributed by atoms with Gasteiger partial charge in [0, 0.05) is 10.1 Å². The van der Waals surface area contributed by atoms with E-state index in [0.717, 1.165) is 35.4 Å². The summed E-state index contributed by atoms with van der Waals surface area (Å²) in [7, 11) is 0. The summed E-state index contributed by atoms with van der Waals surface area (Å²) < 4.78 is 1.20. The van der Waals surface area contributed by atoms with Crippen LogP contribution in [-0.2, 0) is 6.42 Å². The number of aromatic amines is 1. The average Bonchev–Trinajstić information content (AvgIpc) is 3.24. The van der Waals surface area contributed by atoms with E-state index in [2.05, 4.69) is 23.2 Å². The van der Waals surface area contributed by atoms with Crippen LogP contribution in [-0.4, -0.2) is 22.6 Å². The van der Waals surface area contributed by atoms with E-state index in [1.54, 1.807) is 23.5 Å². The predicted molar refractivity (Wildman–Crippen MR) is 113 cm³/mol. The van der Waals surface area contributed by atoms with Crippen molar-refractivity contribution in [3.05, 3.63) is 58.6 Å². The normalized spacial score (nSPS) is 11.5. The second-order valence-corrected chi connectivity index (χ2v) is 8.01. The van der Waals surface area contributed by atoms with E-state index in [9.17, 15) is 9.90 Å². The second kappa shape index (κ2) is 7.35. The number of carboxylic acid groups (broad SMARTS) is 1. The summed E-state index contributed by atoms with van der Waals surface area (Å²) >= 11 is 8.10. The molecule has 0 fully saturated rings. The fourth-order valence-corrected chi connectivity index (χ4v) is 4.82. The first-order valence-corrected chi connectivity index (χ1v) is 10.0. The molecule has 4 aromatic rings. The van der Waals surface area contributed by atoms with Gasteiger partial charge >= 0.3 is 5.97 Å². The molecule has 2 aromatic heterocycles. The summed E-state index contributed by atoms with van der Waals surface area (Å²) in [6.07, 6.45) is 2.54. The number of nitrogens with two attached hydrogens (primary N) is 1. The standard InChI is InChI=1S/C21H19ClN2O2S/c22-15-9-8-14(21(25)26)18-13(6-3-4-10-23)19(24-20(15)18)17-11-12-5-1-2-7-16(12)27-17/h1-2,5,7-9,11,24H,3-4,6,10,23H2,(H,25,26). The minimum atomic E-state index is -0.946. The summed E-state index contributed by atoms with van der Waals surface area (Å²) in [5, 5.41) is 12.1. The SMILES string of the molecule is NCCCCc1c(-c2cc3ccccc3s2)[nH]c2c(Cl)ccc(C(=O)O)c12. The third-order valence-corrected chi connectivity index (χ3v) is 6.24. The highest BCUT2D eigenvalue weighted by Gasteiger charge is 2.21. The lowest BCUT2D eigenvalue weighted by molar-refractivity contribution is 0.0699. The van der Waals surface area contributed by atoms with Crippen LogP contribution < -0.4 is 5.73 Å². The number of H-pyrrole nitrogens is 1. The molecule has 2 heterocycles. The molecule has 0 spiro atoms. The number of aryl methyl sites for hydroxylation is 1. The van der Waals surface area contributed by atoms with Gasteiger partial charge < -0.3 is 15.8 Å². The lowest BCUT2D eigenvalue weighted by atomic mass is 9.99. The van der Waals surface area contributed by atoms with Crippen molar-refractivity contribution < 1.29 is 9.90 Å². The molecule has 4 N–H and O–H groups in total. The zero-order valence-electron chi connectivity index (χ0n) is 14.6. The third-order valence-electron chi connectivity index (χ3n) is 4.79. The maximum atomic E-state index is 11.8. The number of aromatic nitrogens is 1. The van der Waals surface area contributed by atoms with Gasteiger partial charge in [0.2, 0.25) is 0 Å². The number of halogens is 1. The zero-order chi connectivity index (χ0) is 19.0. The van der Waals surface area contributed by atoms with Gasteiger partial charge in [-0.3, -0.25) is 0 Å². The molecular formula is C21H19ClN2O2S. The lowest BCUT2D eigenvalue weighted by Gasteiger charge is -2.05. The Hall–Kier alpha value is -2.34. The quantitative estimate of drug-likeness (QED) is 0.365. The number of nitrogens with one attached hydrogen (secondary N) is 1. The van der Waals surface area contributed by atoms with Gasteiger partial charge in [-0.25, -0.2) is 4.79 Å². The molecule has 0 bridgehead atoms. The maximum Gasteiger partial charge on any atom is 0.336 e. The van der Waals surface area contributed by atoms with E-state index in [-0.39, 0.29) is 5.56 Å². The molecule has 0 amide bonds. The van der Waals surface area contributed by atoms with E-state index < -0.39 is 5.97 Å². The molecule has 2 aromatic carbocycles. The van der Waals surface area contributed by atoms with Crippen LogP contribution in [0.4, 0.5) is 0 Å². The van der Waals surface area contributed by atoms with Crippen molar-refractivity contribution in [2.75, 3.05) is 6.54 Å². The molecular weight excluding hydrogens is 380 g/mol. The fourth-order valence-electron chi connectivity index (χ4n) is 3.53. The molecule has 0 aliphatic heterocycles. The van der Waals surface area contributed by atoms with Gasteiger partial charge in [0.05, 0.1) is 26.7 Å². The Morgan fingerprint density at radius 2 is 2.00 bits per heavy atom. The maximum absolute atomic E-state index is 11.8. The molecule has 0 aliphatic carbocycles. The smallest absolute Gasteiger partial charge is 0.336 e. The van der Waals surface area contributed by atoms with Crippen molar-refractivity contribution in [3.8, 4) is 10.6 Å². The monoisotopic (exact) mass is 398 g/mol. The minimum Gasteiger partial charge on any atom is -0.478 e. The number of fused-ring (bicyclic) bond motifs is 2. The van der Waals surface area contributed by atoms with Crippen molar-refractivity contribution in [1.29, 1.82) is 0 Å². The van der Waals surface area contributed by atoms with Gasteiger partial charge in [0.1, 0.15) is 0 Å².